The maximum atomic E-state index is 4.93. The van der Waals surface area contributed by atoms with Crippen LogP contribution >= 0.6 is 0 Å². The summed E-state index contributed by atoms with van der Waals surface area (Å²) in [6.45, 7) is 4.72. The zero-order chi connectivity index (χ0) is 26.2. The molecule has 0 saturated carbocycles. The minimum absolute atomic E-state index is 0.627. The van der Waals surface area contributed by atoms with Crippen molar-refractivity contribution in [2.75, 3.05) is 18.4 Å². The summed E-state index contributed by atoms with van der Waals surface area (Å²) < 4.78 is 2.14. The number of aromatic nitrogens is 3. The Morgan fingerprint density at radius 3 is 2.46 bits per heavy atom. The first-order valence-corrected chi connectivity index (χ1v) is 14.3. The summed E-state index contributed by atoms with van der Waals surface area (Å²) >= 11 is 0. The lowest BCUT2D eigenvalue weighted by molar-refractivity contribution is 0.222. The zero-order valence-corrected chi connectivity index (χ0v) is 22.6. The molecule has 2 aromatic heterocycles. The molecule has 1 aliphatic heterocycles. The quantitative estimate of drug-likeness (QED) is 0.247. The monoisotopic (exact) mass is 513 g/mol. The van der Waals surface area contributed by atoms with Gasteiger partial charge in [-0.25, -0.2) is 4.98 Å². The van der Waals surface area contributed by atoms with Gasteiger partial charge >= 0.3 is 0 Å². The predicted octanol–water partition coefficient (Wildman–Crippen LogP) is 7.48. The maximum Gasteiger partial charge on any atom is 0.229 e. The van der Waals surface area contributed by atoms with Crippen LogP contribution in [-0.4, -0.2) is 38.6 Å². The predicted molar refractivity (Wildman–Crippen MR) is 160 cm³/mol. The van der Waals surface area contributed by atoms with Gasteiger partial charge in [0.1, 0.15) is 5.65 Å². The van der Waals surface area contributed by atoms with Crippen LogP contribution in [0.15, 0.2) is 85.2 Å². The van der Waals surface area contributed by atoms with Gasteiger partial charge in [0.15, 0.2) is 0 Å². The molecule has 0 spiro atoms. The molecule has 5 aromatic rings. The molecule has 39 heavy (non-hydrogen) atoms. The van der Waals surface area contributed by atoms with E-state index in [1.54, 1.807) is 0 Å². The van der Waals surface area contributed by atoms with E-state index in [0.29, 0.717) is 5.95 Å². The molecule has 1 aliphatic carbocycles. The van der Waals surface area contributed by atoms with Gasteiger partial charge in [-0.05, 0) is 117 Å². The van der Waals surface area contributed by atoms with E-state index in [1.807, 2.05) is 6.20 Å². The first-order chi connectivity index (χ1) is 19.2. The molecule has 5 heteroatoms. The molecule has 196 valence electrons. The molecule has 7 rings (SSSR count). The molecule has 3 heterocycles. The van der Waals surface area contributed by atoms with E-state index in [-0.39, 0.29) is 0 Å². The molecular weight excluding hydrogens is 478 g/mol. The third-order valence-corrected chi connectivity index (χ3v) is 8.64. The second-order valence-electron chi connectivity index (χ2n) is 11.1. The number of nitrogens with one attached hydrogen (secondary N) is 1. The third kappa shape index (κ3) is 4.83. The lowest BCUT2D eigenvalue weighted by Gasteiger charge is -2.25. The fourth-order valence-electron chi connectivity index (χ4n) is 6.45. The van der Waals surface area contributed by atoms with Crippen molar-refractivity contribution >= 4 is 22.7 Å². The van der Waals surface area contributed by atoms with Crippen LogP contribution in [-0.2, 0) is 12.8 Å². The minimum Gasteiger partial charge on any atom is -0.324 e. The SMILES string of the molecule is Cc1ccccc1-c1ccc(-n2ccc3cnc(Nc4ccc5c(c4)CCC(N4CCCC4)CC5)nc32)cc1. The molecule has 1 N–H and O–H groups in total. The highest BCUT2D eigenvalue weighted by molar-refractivity contribution is 5.79. The molecular formula is C34H35N5. The Kier molecular flexibility index (Phi) is 6.37. The van der Waals surface area contributed by atoms with Crippen LogP contribution < -0.4 is 5.32 Å². The highest BCUT2D eigenvalue weighted by Crippen LogP contribution is 2.30. The summed E-state index contributed by atoms with van der Waals surface area (Å²) in [5, 5.41) is 4.52. The van der Waals surface area contributed by atoms with Gasteiger partial charge in [0.2, 0.25) is 5.95 Å². The van der Waals surface area contributed by atoms with Crippen LogP contribution in [0.4, 0.5) is 11.6 Å². The number of hydrogen-bond donors (Lipinski definition) is 1. The Morgan fingerprint density at radius 2 is 1.64 bits per heavy atom. The highest BCUT2D eigenvalue weighted by atomic mass is 15.2. The van der Waals surface area contributed by atoms with E-state index in [2.05, 4.69) is 106 Å². The largest absolute Gasteiger partial charge is 0.324 e. The van der Waals surface area contributed by atoms with Crippen molar-refractivity contribution in [2.45, 2.75) is 51.5 Å². The number of rotatable bonds is 5. The first kappa shape index (κ1) is 24.1. The van der Waals surface area contributed by atoms with Crippen molar-refractivity contribution < 1.29 is 0 Å². The van der Waals surface area contributed by atoms with Gasteiger partial charge in [-0.15, -0.1) is 0 Å². The van der Waals surface area contributed by atoms with Crippen LogP contribution in [0.25, 0.3) is 27.8 Å². The topological polar surface area (TPSA) is 46.0 Å². The van der Waals surface area contributed by atoms with Crippen LogP contribution in [0, 0.1) is 6.92 Å². The summed E-state index contributed by atoms with van der Waals surface area (Å²) in [5.74, 6) is 0.627. The molecule has 5 nitrogen and oxygen atoms in total. The Bertz CT molecular complexity index is 1610. The van der Waals surface area contributed by atoms with Crippen LogP contribution in [0.1, 0.15) is 42.4 Å². The van der Waals surface area contributed by atoms with Gasteiger partial charge in [0, 0.05) is 35.2 Å². The van der Waals surface area contributed by atoms with Crippen molar-refractivity contribution in [3.63, 3.8) is 0 Å². The van der Waals surface area contributed by atoms with Gasteiger partial charge in [-0.2, -0.15) is 4.98 Å². The Labute approximate surface area is 230 Å². The van der Waals surface area contributed by atoms with Gasteiger partial charge < -0.3 is 14.8 Å². The standard InChI is InChI=1S/C34H35N5/c1-24-6-2-3-7-32(24)26-10-16-31(17-11-26)39-21-18-28-23-35-34(37-33(28)39)36-29-13-8-25-9-14-30(15-12-27(25)22-29)38-19-4-5-20-38/h2-3,6-8,10-11,13,16-18,21-23,30H,4-5,9,12,14-15,19-20H2,1H3,(H,35,36,37). The molecule has 1 fully saturated rings. The zero-order valence-electron chi connectivity index (χ0n) is 22.6. The average molecular weight is 514 g/mol. The number of aryl methyl sites for hydroxylation is 3. The lowest BCUT2D eigenvalue weighted by atomic mass is 10.0. The van der Waals surface area contributed by atoms with Crippen LogP contribution in [0.3, 0.4) is 0 Å². The van der Waals surface area contributed by atoms with Gasteiger partial charge in [0.05, 0.1) is 0 Å². The number of benzene rings is 3. The molecule has 1 atom stereocenters. The van der Waals surface area contributed by atoms with Crippen molar-refractivity contribution in [2.24, 2.45) is 0 Å². The van der Waals surface area contributed by atoms with Gasteiger partial charge in [-0.1, -0.05) is 42.5 Å². The highest BCUT2D eigenvalue weighted by Gasteiger charge is 2.24. The van der Waals surface area contributed by atoms with Crippen LogP contribution in [0.5, 0.6) is 0 Å². The molecule has 0 radical (unpaired) electrons. The molecule has 0 amide bonds. The normalized spacial score (nSPS) is 17.7. The number of hydrogen-bond acceptors (Lipinski definition) is 4. The Balaban J connectivity index is 1.11. The second kappa shape index (κ2) is 10.3. The van der Waals surface area contributed by atoms with Crippen LogP contribution in [0.2, 0.25) is 0 Å². The van der Waals surface area contributed by atoms with E-state index in [0.717, 1.165) is 34.9 Å². The number of likely N-dealkylation sites (tertiary alicyclic amines) is 1. The maximum absolute atomic E-state index is 4.93. The molecule has 1 saturated heterocycles. The number of nitrogens with zero attached hydrogens (tertiary/aromatic N) is 4. The van der Waals surface area contributed by atoms with Gasteiger partial charge in [0.25, 0.3) is 0 Å². The Morgan fingerprint density at radius 1 is 0.846 bits per heavy atom. The summed E-state index contributed by atoms with van der Waals surface area (Å²) in [5.41, 5.74) is 9.80. The van der Waals surface area contributed by atoms with Crippen molar-refractivity contribution in [1.82, 2.24) is 19.4 Å². The molecule has 2 aliphatic rings. The third-order valence-electron chi connectivity index (χ3n) is 8.64. The Hall–Kier alpha value is -3.96. The van der Waals surface area contributed by atoms with E-state index in [4.69, 9.17) is 4.98 Å². The second-order valence-corrected chi connectivity index (χ2v) is 11.1. The number of fused-ring (bicyclic) bond motifs is 2. The summed E-state index contributed by atoms with van der Waals surface area (Å²) in [4.78, 5) is 12.3. The summed E-state index contributed by atoms with van der Waals surface area (Å²) in [7, 11) is 0. The fraction of sp³-hybridized carbons (Fsp3) is 0.294. The smallest absolute Gasteiger partial charge is 0.229 e. The molecule has 0 bridgehead atoms. The lowest BCUT2D eigenvalue weighted by Crippen LogP contribution is -2.32. The van der Waals surface area contributed by atoms with Crippen molar-refractivity contribution in [3.05, 3.63) is 102 Å². The van der Waals surface area contributed by atoms with E-state index in [1.165, 1.54) is 73.0 Å². The fourth-order valence-corrected chi connectivity index (χ4v) is 6.45. The minimum atomic E-state index is 0.627. The molecule has 1 unspecified atom stereocenters. The summed E-state index contributed by atoms with van der Waals surface area (Å²) in [6.07, 6.45) is 11.6. The number of anilines is 2. The van der Waals surface area contributed by atoms with Gasteiger partial charge in [-0.3, -0.25) is 0 Å². The van der Waals surface area contributed by atoms with E-state index >= 15 is 0 Å². The van der Waals surface area contributed by atoms with Crippen molar-refractivity contribution in [1.29, 1.82) is 0 Å². The first-order valence-electron chi connectivity index (χ1n) is 14.3. The summed E-state index contributed by atoms with van der Waals surface area (Å²) in [6, 6.07) is 26.8. The van der Waals surface area contributed by atoms with E-state index in [9.17, 15) is 0 Å². The molecule has 3 aromatic carbocycles. The van der Waals surface area contributed by atoms with E-state index < -0.39 is 0 Å². The van der Waals surface area contributed by atoms with Crippen molar-refractivity contribution in [3.8, 4) is 16.8 Å². The average Bonchev–Trinajstić information content (AvgIpc) is 3.60.